The van der Waals surface area contributed by atoms with E-state index in [-0.39, 0.29) is 24.1 Å². The molecule has 0 unspecified atom stereocenters. The molecule has 1 aliphatic heterocycles. The van der Waals surface area contributed by atoms with Crippen LogP contribution in [0.1, 0.15) is 41.2 Å². The number of carbonyl (C=O) groups excluding carboxylic acids is 2. The second-order valence-electron chi connectivity index (χ2n) is 6.82. The van der Waals surface area contributed by atoms with Gasteiger partial charge in [0.05, 0.1) is 11.6 Å². The third-order valence-electron chi connectivity index (χ3n) is 4.98. The molecule has 0 N–H and O–H groups in total. The third kappa shape index (κ3) is 3.93. The van der Waals surface area contributed by atoms with Crippen molar-refractivity contribution in [1.29, 1.82) is 0 Å². The maximum atomic E-state index is 12.6. The number of fused-ring (bicyclic) bond motifs is 1. The van der Waals surface area contributed by atoms with Crippen molar-refractivity contribution < 1.29 is 14.3 Å². The number of hydrogen-bond donors (Lipinski definition) is 0. The van der Waals surface area contributed by atoms with Crippen LogP contribution in [0, 0.1) is 0 Å². The van der Waals surface area contributed by atoms with Crippen LogP contribution in [-0.4, -0.2) is 55.6 Å². The Hall–Kier alpha value is -3.01. The number of pyridine rings is 1. The molecule has 1 aliphatic rings. The number of ether oxygens (including phenoxy) is 1. The molecule has 3 aromatic heterocycles. The van der Waals surface area contributed by atoms with Crippen molar-refractivity contribution in [3.8, 4) is 0 Å². The summed E-state index contributed by atoms with van der Waals surface area (Å²) in [6, 6.07) is 5.27. The summed E-state index contributed by atoms with van der Waals surface area (Å²) >= 11 is 1.45. The minimum Gasteiger partial charge on any atom is -0.461 e. The van der Waals surface area contributed by atoms with Gasteiger partial charge in [-0.05, 0) is 31.9 Å². The second-order valence-corrected chi connectivity index (χ2v) is 7.71. The quantitative estimate of drug-likeness (QED) is 0.586. The van der Waals surface area contributed by atoms with Crippen LogP contribution in [0.4, 0.5) is 0 Å². The topological polar surface area (TPSA) is 98.8 Å². The summed E-state index contributed by atoms with van der Waals surface area (Å²) in [6.07, 6.45) is 3.17. The van der Waals surface area contributed by atoms with Crippen molar-refractivity contribution in [3.63, 3.8) is 0 Å². The van der Waals surface area contributed by atoms with E-state index in [0.717, 1.165) is 17.8 Å². The lowest BCUT2D eigenvalue weighted by atomic mass is 9.97. The fourth-order valence-corrected chi connectivity index (χ4v) is 4.41. The third-order valence-corrected chi connectivity index (χ3v) is 5.98. The van der Waals surface area contributed by atoms with Gasteiger partial charge in [0.25, 0.3) is 0 Å². The molecule has 9 nitrogen and oxygen atoms in total. The van der Waals surface area contributed by atoms with Crippen molar-refractivity contribution in [3.05, 3.63) is 51.0 Å². The summed E-state index contributed by atoms with van der Waals surface area (Å²) in [7, 11) is 0. The Bertz CT molecular complexity index is 1090. The molecule has 0 radical (unpaired) electrons. The van der Waals surface area contributed by atoms with Crippen molar-refractivity contribution >= 4 is 28.9 Å². The Morgan fingerprint density at radius 1 is 1.28 bits per heavy atom. The number of piperidine rings is 1. The van der Waals surface area contributed by atoms with E-state index in [2.05, 4.69) is 10.1 Å². The smallest absolute Gasteiger partial charge is 0.357 e. The molecule has 10 heteroatoms. The second kappa shape index (κ2) is 8.16. The number of likely N-dealkylation sites (tertiary alicyclic amines) is 1. The molecule has 4 heterocycles. The monoisotopic (exact) mass is 415 g/mol. The predicted molar refractivity (Wildman–Crippen MR) is 106 cm³/mol. The number of rotatable bonds is 5. The molecule has 0 bridgehead atoms. The van der Waals surface area contributed by atoms with Crippen molar-refractivity contribution in [1.82, 2.24) is 24.1 Å². The van der Waals surface area contributed by atoms with Gasteiger partial charge in [-0.2, -0.15) is 0 Å². The summed E-state index contributed by atoms with van der Waals surface area (Å²) in [6.45, 7) is 3.18. The van der Waals surface area contributed by atoms with Crippen LogP contribution in [0.3, 0.4) is 0 Å². The fraction of sp³-hybridized carbons (Fsp3) is 0.421. The Morgan fingerprint density at radius 3 is 2.79 bits per heavy atom. The highest BCUT2D eigenvalue weighted by molar-refractivity contribution is 7.09. The number of esters is 1. The van der Waals surface area contributed by atoms with Crippen LogP contribution >= 0.6 is 11.3 Å². The lowest BCUT2D eigenvalue weighted by molar-refractivity contribution is -0.133. The van der Waals surface area contributed by atoms with Crippen LogP contribution in [0.15, 0.2) is 34.6 Å². The van der Waals surface area contributed by atoms with Crippen LogP contribution in [0.2, 0.25) is 0 Å². The molecule has 29 heavy (non-hydrogen) atoms. The first-order valence-electron chi connectivity index (χ1n) is 9.51. The Balaban J connectivity index is 1.36. The average Bonchev–Trinajstić information content (AvgIpc) is 3.34. The molecule has 4 rings (SSSR count). The fourth-order valence-electron chi connectivity index (χ4n) is 3.45. The van der Waals surface area contributed by atoms with Gasteiger partial charge in [-0.3, -0.25) is 9.20 Å². The minimum atomic E-state index is -0.402. The normalized spacial score (nSPS) is 15.0. The van der Waals surface area contributed by atoms with Gasteiger partial charge in [-0.25, -0.2) is 19.3 Å². The maximum absolute atomic E-state index is 12.6. The number of carbonyl (C=O) groups is 2. The van der Waals surface area contributed by atoms with E-state index in [0.29, 0.717) is 31.0 Å². The number of hydrogen-bond acceptors (Lipinski definition) is 7. The molecular formula is C19H21N5O4S. The molecule has 1 amide bonds. The van der Waals surface area contributed by atoms with Gasteiger partial charge in [0.15, 0.2) is 11.3 Å². The summed E-state index contributed by atoms with van der Waals surface area (Å²) < 4.78 is 7.61. The van der Waals surface area contributed by atoms with E-state index >= 15 is 0 Å². The first-order valence-corrected chi connectivity index (χ1v) is 10.4. The SMILES string of the molecule is CCOC(=O)c1csc(C2CCN(C(=O)Cn3nc4ccccn4c3=O)CC2)n1. The Labute approximate surface area is 170 Å². The zero-order chi connectivity index (χ0) is 20.4. The van der Waals surface area contributed by atoms with Crippen molar-refractivity contribution in [2.45, 2.75) is 32.2 Å². The highest BCUT2D eigenvalue weighted by atomic mass is 32.1. The zero-order valence-electron chi connectivity index (χ0n) is 16.0. The molecule has 0 saturated carbocycles. The maximum Gasteiger partial charge on any atom is 0.357 e. The summed E-state index contributed by atoms with van der Waals surface area (Å²) in [5, 5.41) is 6.83. The lowest BCUT2D eigenvalue weighted by Gasteiger charge is -2.31. The van der Waals surface area contributed by atoms with E-state index in [9.17, 15) is 14.4 Å². The van der Waals surface area contributed by atoms with E-state index < -0.39 is 5.97 Å². The average molecular weight is 415 g/mol. The van der Waals surface area contributed by atoms with E-state index in [1.165, 1.54) is 20.4 Å². The van der Waals surface area contributed by atoms with Gasteiger partial charge < -0.3 is 9.64 Å². The molecule has 0 aliphatic carbocycles. The van der Waals surface area contributed by atoms with Gasteiger partial charge in [-0.15, -0.1) is 16.4 Å². The number of amides is 1. The molecule has 3 aromatic rings. The van der Waals surface area contributed by atoms with Gasteiger partial charge in [0.2, 0.25) is 5.91 Å². The standard InChI is InChI=1S/C19H21N5O4S/c1-2-28-18(26)14-12-29-17(20-14)13-6-9-22(10-7-13)16(25)11-24-19(27)23-8-4-3-5-15(23)21-24/h3-5,8,12-13H,2,6-7,9-11H2,1H3. The van der Waals surface area contributed by atoms with Gasteiger partial charge in [0.1, 0.15) is 6.54 Å². The Morgan fingerprint density at radius 2 is 2.07 bits per heavy atom. The number of thiazole rings is 1. The highest BCUT2D eigenvalue weighted by Crippen LogP contribution is 2.30. The number of aromatic nitrogens is 4. The van der Waals surface area contributed by atoms with Crippen molar-refractivity contribution in [2.24, 2.45) is 0 Å². The highest BCUT2D eigenvalue weighted by Gasteiger charge is 2.27. The van der Waals surface area contributed by atoms with Crippen LogP contribution in [-0.2, 0) is 16.1 Å². The molecule has 1 saturated heterocycles. The zero-order valence-corrected chi connectivity index (χ0v) is 16.8. The van der Waals surface area contributed by atoms with Crippen LogP contribution in [0.5, 0.6) is 0 Å². The molecule has 0 atom stereocenters. The van der Waals surface area contributed by atoms with E-state index in [1.807, 2.05) is 0 Å². The van der Waals surface area contributed by atoms with Crippen LogP contribution in [0.25, 0.3) is 5.65 Å². The predicted octanol–water partition coefficient (Wildman–Crippen LogP) is 1.54. The first-order chi connectivity index (χ1) is 14.1. The molecule has 0 aromatic carbocycles. The first kappa shape index (κ1) is 19.3. The Kier molecular flexibility index (Phi) is 5.43. The van der Waals surface area contributed by atoms with Crippen LogP contribution < -0.4 is 5.69 Å². The van der Waals surface area contributed by atoms with Gasteiger partial charge in [-0.1, -0.05) is 6.07 Å². The van der Waals surface area contributed by atoms with Crippen molar-refractivity contribution in [2.75, 3.05) is 19.7 Å². The summed E-state index contributed by atoms with van der Waals surface area (Å²) in [4.78, 5) is 42.9. The summed E-state index contributed by atoms with van der Waals surface area (Å²) in [5.74, 6) is -0.314. The minimum absolute atomic E-state index is 0.0740. The molecule has 1 fully saturated rings. The molecular weight excluding hydrogens is 394 g/mol. The summed E-state index contributed by atoms with van der Waals surface area (Å²) in [5.41, 5.74) is 0.542. The van der Waals surface area contributed by atoms with E-state index in [1.54, 1.807) is 41.6 Å². The van der Waals surface area contributed by atoms with Gasteiger partial charge in [0, 0.05) is 30.6 Å². The van der Waals surface area contributed by atoms with Gasteiger partial charge >= 0.3 is 11.7 Å². The van der Waals surface area contributed by atoms with E-state index in [4.69, 9.17) is 4.74 Å². The largest absolute Gasteiger partial charge is 0.461 e. The number of nitrogens with zero attached hydrogens (tertiary/aromatic N) is 5. The lowest BCUT2D eigenvalue weighted by Crippen LogP contribution is -2.41. The molecule has 0 spiro atoms. The molecule has 152 valence electrons.